The molecule has 3 aromatic rings. The molecule has 0 bridgehead atoms. The van der Waals surface area contributed by atoms with Gasteiger partial charge in [-0.3, -0.25) is 0 Å². The largest absolute Gasteiger partial charge is 0.341 e. The lowest BCUT2D eigenvalue weighted by Crippen LogP contribution is -2.11. The van der Waals surface area contributed by atoms with E-state index in [4.69, 9.17) is 0 Å². The van der Waals surface area contributed by atoms with Crippen LogP contribution in [0.2, 0.25) is 0 Å². The molecule has 0 saturated carbocycles. The molecule has 0 saturated heterocycles. The van der Waals surface area contributed by atoms with Crippen molar-refractivity contribution in [2.24, 2.45) is 5.41 Å². The number of para-hydroxylation sites is 1. The zero-order chi connectivity index (χ0) is 17.3. The minimum absolute atomic E-state index is 0.340. The van der Waals surface area contributed by atoms with Crippen molar-refractivity contribution in [3.05, 3.63) is 60.3 Å². The average Bonchev–Trinajstić information content (AvgIpc) is 2.87. The van der Waals surface area contributed by atoms with E-state index >= 15 is 0 Å². The van der Waals surface area contributed by atoms with Gasteiger partial charge in [0.25, 0.3) is 0 Å². The third-order valence-electron chi connectivity index (χ3n) is 4.70. The summed E-state index contributed by atoms with van der Waals surface area (Å²) in [6, 6.07) is 20.2. The van der Waals surface area contributed by atoms with Gasteiger partial charge in [0.05, 0.1) is 0 Å². The van der Waals surface area contributed by atoms with Gasteiger partial charge in [-0.05, 0) is 43.7 Å². The lowest BCUT2D eigenvalue weighted by molar-refractivity contribution is 0.372. The van der Waals surface area contributed by atoms with Crippen molar-refractivity contribution in [1.82, 2.24) is 4.57 Å². The smallest absolute Gasteiger partial charge is 0.0491 e. The van der Waals surface area contributed by atoms with Gasteiger partial charge in [0.15, 0.2) is 0 Å². The van der Waals surface area contributed by atoms with Crippen molar-refractivity contribution in [2.75, 3.05) is 0 Å². The molecule has 126 valence electrons. The first-order chi connectivity index (χ1) is 11.4. The zero-order valence-electron chi connectivity index (χ0n) is 15.6. The summed E-state index contributed by atoms with van der Waals surface area (Å²) in [4.78, 5) is 0. The molecule has 0 fully saturated rings. The first kappa shape index (κ1) is 16.8. The Balaban J connectivity index is 2.27. The second-order valence-corrected chi connectivity index (χ2v) is 8.23. The number of benzene rings is 2. The van der Waals surface area contributed by atoms with Crippen LogP contribution in [0.1, 0.15) is 52.8 Å². The van der Waals surface area contributed by atoms with E-state index in [0.717, 1.165) is 6.42 Å². The molecule has 1 heterocycles. The minimum atomic E-state index is 0.340. The number of aromatic nitrogens is 1. The molecule has 0 spiro atoms. The van der Waals surface area contributed by atoms with Gasteiger partial charge in [0.1, 0.15) is 0 Å². The molecule has 1 aromatic heterocycles. The Kier molecular flexibility index (Phi) is 4.54. The Morgan fingerprint density at radius 3 is 2.12 bits per heavy atom. The van der Waals surface area contributed by atoms with Crippen LogP contribution < -0.4 is 0 Å². The second-order valence-electron chi connectivity index (χ2n) is 8.23. The highest BCUT2D eigenvalue weighted by molar-refractivity contribution is 5.98. The molecule has 0 amide bonds. The van der Waals surface area contributed by atoms with E-state index in [9.17, 15) is 0 Å². The topological polar surface area (TPSA) is 4.93 Å². The third kappa shape index (κ3) is 3.26. The Hall–Kier alpha value is -2.02. The molecular weight excluding hydrogens is 290 g/mol. The maximum Gasteiger partial charge on any atom is 0.0491 e. The molecule has 0 aliphatic heterocycles. The molecule has 2 aromatic carbocycles. The summed E-state index contributed by atoms with van der Waals surface area (Å²) in [7, 11) is 0. The van der Waals surface area contributed by atoms with Crippen molar-refractivity contribution in [3.63, 3.8) is 0 Å². The fraction of sp³-hybridized carbons (Fsp3) is 0.391. The van der Waals surface area contributed by atoms with Gasteiger partial charge in [0, 0.05) is 28.2 Å². The fourth-order valence-corrected chi connectivity index (χ4v) is 3.57. The first-order valence-electron chi connectivity index (χ1n) is 9.06. The Labute approximate surface area is 146 Å². The van der Waals surface area contributed by atoms with Crippen molar-refractivity contribution >= 4 is 10.9 Å². The molecule has 0 aliphatic carbocycles. The lowest BCUT2D eigenvalue weighted by Gasteiger charge is -2.21. The van der Waals surface area contributed by atoms with Crippen LogP contribution >= 0.6 is 0 Å². The summed E-state index contributed by atoms with van der Waals surface area (Å²) >= 11 is 0. The number of hydrogen-bond donors (Lipinski definition) is 0. The third-order valence-corrected chi connectivity index (χ3v) is 4.70. The van der Waals surface area contributed by atoms with E-state index in [1.165, 1.54) is 34.1 Å². The van der Waals surface area contributed by atoms with E-state index < -0.39 is 0 Å². The SMILES string of the molecule is CC(C)n1c(CCC(C)(C)C)c(-c2ccccc2)c2ccccc21. The van der Waals surface area contributed by atoms with E-state index in [1.54, 1.807) is 0 Å². The Bertz CT molecular complexity index is 816. The quantitative estimate of drug-likeness (QED) is 0.494. The summed E-state index contributed by atoms with van der Waals surface area (Å²) in [6.07, 6.45) is 2.30. The van der Waals surface area contributed by atoms with Crippen molar-refractivity contribution in [3.8, 4) is 11.1 Å². The van der Waals surface area contributed by atoms with Crippen LogP contribution in [0.15, 0.2) is 54.6 Å². The predicted molar refractivity (Wildman–Crippen MR) is 106 cm³/mol. The number of nitrogens with zero attached hydrogens (tertiary/aromatic N) is 1. The summed E-state index contributed by atoms with van der Waals surface area (Å²) in [5, 5.41) is 1.38. The lowest BCUT2D eigenvalue weighted by atomic mass is 9.88. The van der Waals surface area contributed by atoms with Gasteiger partial charge in [-0.1, -0.05) is 69.3 Å². The van der Waals surface area contributed by atoms with Crippen molar-refractivity contribution in [1.29, 1.82) is 0 Å². The van der Waals surface area contributed by atoms with Gasteiger partial charge in [-0.2, -0.15) is 0 Å². The number of rotatable bonds is 4. The van der Waals surface area contributed by atoms with Crippen LogP contribution in [0.25, 0.3) is 22.0 Å². The molecule has 0 aliphatic rings. The monoisotopic (exact) mass is 319 g/mol. The summed E-state index contributed by atoms with van der Waals surface area (Å²) in [5.41, 5.74) is 5.93. The van der Waals surface area contributed by atoms with Gasteiger partial charge >= 0.3 is 0 Å². The summed E-state index contributed by atoms with van der Waals surface area (Å²) in [6.45, 7) is 11.6. The molecule has 3 rings (SSSR count). The summed E-state index contributed by atoms with van der Waals surface area (Å²) in [5.74, 6) is 0. The predicted octanol–water partition coefficient (Wildman–Crippen LogP) is 6.87. The normalized spacial score (nSPS) is 12.2. The van der Waals surface area contributed by atoms with Gasteiger partial charge < -0.3 is 4.57 Å². The highest BCUT2D eigenvalue weighted by Crippen LogP contribution is 2.38. The number of hydrogen-bond acceptors (Lipinski definition) is 0. The zero-order valence-corrected chi connectivity index (χ0v) is 15.6. The van der Waals surface area contributed by atoms with Crippen LogP contribution in [0.4, 0.5) is 0 Å². The number of fused-ring (bicyclic) bond motifs is 1. The molecule has 0 radical (unpaired) electrons. The fourth-order valence-electron chi connectivity index (χ4n) is 3.57. The maximum atomic E-state index is 2.55. The molecule has 0 unspecified atom stereocenters. The van der Waals surface area contributed by atoms with Crippen LogP contribution in [0, 0.1) is 5.41 Å². The van der Waals surface area contributed by atoms with Gasteiger partial charge in [-0.25, -0.2) is 0 Å². The van der Waals surface area contributed by atoms with Gasteiger partial charge in [0.2, 0.25) is 0 Å². The van der Waals surface area contributed by atoms with Gasteiger partial charge in [-0.15, -0.1) is 0 Å². The molecule has 1 nitrogen and oxygen atoms in total. The Morgan fingerprint density at radius 1 is 0.875 bits per heavy atom. The molecule has 1 heteroatoms. The molecule has 0 N–H and O–H groups in total. The second kappa shape index (κ2) is 6.47. The standard InChI is InChI=1S/C23H29N/c1-17(2)24-20-14-10-9-13-19(20)22(18-11-7-6-8-12-18)21(24)15-16-23(3,4)5/h6-14,17H,15-16H2,1-5H3. The van der Waals surface area contributed by atoms with E-state index in [0.29, 0.717) is 11.5 Å². The van der Waals surface area contributed by atoms with Crippen LogP contribution in [-0.4, -0.2) is 4.57 Å². The molecule has 0 atom stereocenters. The first-order valence-corrected chi connectivity index (χ1v) is 9.06. The Morgan fingerprint density at radius 2 is 1.50 bits per heavy atom. The van der Waals surface area contributed by atoms with E-state index in [2.05, 4.69) is 93.8 Å². The minimum Gasteiger partial charge on any atom is -0.341 e. The molecular formula is C23H29N. The highest BCUT2D eigenvalue weighted by Gasteiger charge is 2.21. The van der Waals surface area contributed by atoms with Crippen LogP contribution in [-0.2, 0) is 6.42 Å². The van der Waals surface area contributed by atoms with E-state index in [-0.39, 0.29) is 0 Å². The van der Waals surface area contributed by atoms with Crippen molar-refractivity contribution < 1.29 is 0 Å². The van der Waals surface area contributed by atoms with Crippen molar-refractivity contribution in [2.45, 2.75) is 53.5 Å². The maximum absolute atomic E-state index is 2.55. The van der Waals surface area contributed by atoms with Crippen LogP contribution in [0.3, 0.4) is 0 Å². The highest BCUT2D eigenvalue weighted by atomic mass is 15.0. The molecule has 24 heavy (non-hydrogen) atoms. The summed E-state index contributed by atoms with van der Waals surface area (Å²) < 4.78 is 2.55. The van der Waals surface area contributed by atoms with Crippen LogP contribution in [0.5, 0.6) is 0 Å². The average molecular weight is 319 g/mol. The van der Waals surface area contributed by atoms with E-state index in [1.807, 2.05) is 0 Å².